The van der Waals surface area contributed by atoms with Gasteiger partial charge in [-0.1, -0.05) is 54.6 Å². The van der Waals surface area contributed by atoms with Gasteiger partial charge in [0, 0.05) is 12.5 Å². The van der Waals surface area contributed by atoms with Crippen molar-refractivity contribution in [3.05, 3.63) is 71.3 Å². The molecule has 2 aromatic carbocycles. The number of carbonyl (C=O) groups excluding carboxylic acids is 1. The van der Waals surface area contributed by atoms with Crippen LogP contribution in [0.25, 0.3) is 0 Å². The smallest absolute Gasteiger partial charge is 0.223 e. The molecule has 1 aliphatic rings. The van der Waals surface area contributed by atoms with Crippen LogP contribution in [0.2, 0.25) is 0 Å². The Morgan fingerprint density at radius 2 is 1.55 bits per heavy atom. The van der Waals surface area contributed by atoms with Gasteiger partial charge >= 0.3 is 0 Å². The number of fused-ring (bicyclic) bond motifs is 1. The van der Waals surface area contributed by atoms with E-state index in [-0.39, 0.29) is 11.8 Å². The van der Waals surface area contributed by atoms with Crippen molar-refractivity contribution in [3.63, 3.8) is 0 Å². The van der Waals surface area contributed by atoms with E-state index >= 15 is 0 Å². The largest absolute Gasteiger partial charge is 0.356 e. The van der Waals surface area contributed by atoms with E-state index in [0.717, 1.165) is 25.8 Å². The van der Waals surface area contributed by atoms with Crippen LogP contribution in [0.5, 0.6) is 0 Å². The van der Waals surface area contributed by atoms with Crippen molar-refractivity contribution in [2.75, 3.05) is 6.54 Å². The molecule has 0 atom stereocenters. The highest BCUT2D eigenvalue weighted by Crippen LogP contribution is 2.26. The molecule has 0 saturated heterocycles. The van der Waals surface area contributed by atoms with Crippen LogP contribution < -0.4 is 5.32 Å². The fourth-order valence-corrected chi connectivity index (χ4v) is 2.86. The lowest BCUT2D eigenvalue weighted by atomic mass is 10.1. The second-order valence-corrected chi connectivity index (χ2v) is 5.40. The zero-order chi connectivity index (χ0) is 13.8. The zero-order valence-electron chi connectivity index (χ0n) is 11.5. The molecule has 2 heteroatoms. The fraction of sp³-hybridized carbons (Fsp3) is 0.278. The second-order valence-electron chi connectivity index (χ2n) is 5.40. The summed E-state index contributed by atoms with van der Waals surface area (Å²) in [5, 5.41) is 3.07. The molecule has 102 valence electrons. The van der Waals surface area contributed by atoms with Gasteiger partial charge in [-0.3, -0.25) is 4.79 Å². The topological polar surface area (TPSA) is 29.1 Å². The highest BCUT2D eigenvalue weighted by molar-refractivity contribution is 5.80. The lowest BCUT2D eigenvalue weighted by Gasteiger charge is -2.10. The summed E-state index contributed by atoms with van der Waals surface area (Å²) in [5.41, 5.74) is 3.92. The molecule has 2 aromatic rings. The molecular weight excluding hydrogens is 246 g/mol. The molecule has 0 bridgehead atoms. The number of benzene rings is 2. The van der Waals surface area contributed by atoms with Crippen molar-refractivity contribution in [1.29, 1.82) is 0 Å². The van der Waals surface area contributed by atoms with Crippen molar-refractivity contribution in [3.8, 4) is 0 Å². The van der Waals surface area contributed by atoms with E-state index in [1.165, 1.54) is 16.7 Å². The number of hydrogen-bond donors (Lipinski definition) is 1. The summed E-state index contributed by atoms with van der Waals surface area (Å²) in [5.74, 6) is 0.306. The van der Waals surface area contributed by atoms with Gasteiger partial charge in [-0.25, -0.2) is 0 Å². The molecule has 0 aliphatic heterocycles. The van der Waals surface area contributed by atoms with Gasteiger partial charge in [0.15, 0.2) is 0 Å². The first kappa shape index (κ1) is 12.9. The Bertz CT molecular complexity index is 566. The molecule has 1 amide bonds. The number of amides is 1. The molecule has 0 heterocycles. The van der Waals surface area contributed by atoms with E-state index in [1.54, 1.807) is 0 Å². The Morgan fingerprint density at radius 1 is 0.950 bits per heavy atom. The van der Waals surface area contributed by atoms with Crippen molar-refractivity contribution in [2.45, 2.75) is 19.3 Å². The Morgan fingerprint density at radius 3 is 2.20 bits per heavy atom. The maximum Gasteiger partial charge on any atom is 0.223 e. The zero-order valence-corrected chi connectivity index (χ0v) is 11.5. The van der Waals surface area contributed by atoms with Gasteiger partial charge in [-0.2, -0.15) is 0 Å². The summed E-state index contributed by atoms with van der Waals surface area (Å²) in [6, 6.07) is 18.6. The van der Waals surface area contributed by atoms with E-state index in [9.17, 15) is 4.79 Å². The third-order valence-corrected chi connectivity index (χ3v) is 3.98. The summed E-state index contributed by atoms with van der Waals surface area (Å²) in [4.78, 5) is 12.2. The average molecular weight is 265 g/mol. The Hall–Kier alpha value is -2.09. The molecule has 0 saturated carbocycles. The van der Waals surface area contributed by atoms with Crippen LogP contribution in [0.4, 0.5) is 0 Å². The third-order valence-electron chi connectivity index (χ3n) is 3.98. The summed E-state index contributed by atoms with van der Waals surface area (Å²) in [6.07, 6.45) is 2.66. The maximum atomic E-state index is 12.2. The van der Waals surface area contributed by atoms with E-state index in [2.05, 4.69) is 41.7 Å². The fourth-order valence-electron chi connectivity index (χ4n) is 2.86. The van der Waals surface area contributed by atoms with Crippen LogP contribution in [0.3, 0.4) is 0 Å². The molecule has 1 aliphatic carbocycles. The summed E-state index contributed by atoms with van der Waals surface area (Å²) >= 11 is 0. The second kappa shape index (κ2) is 5.91. The quantitative estimate of drug-likeness (QED) is 0.905. The predicted octanol–water partition coefficient (Wildman–Crippen LogP) is 2.76. The van der Waals surface area contributed by atoms with E-state index < -0.39 is 0 Å². The van der Waals surface area contributed by atoms with Crippen LogP contribution in [0.15, 0.2) is 54.6 Å². The first-order valence-electron chi connectivity index (χ1n) is 7.21. The minimum absolute atomic E-state index is 0.114. The Balaban J connectivity index is 1.49. The normalized spacial score (nSPS) is 14.0. The van der Waals surface area contributed by atoms with Gasteiger partial charge in [-0.05, 0) is 36.0 Å². The molecule has 0 radical (unpaired) electrons. The Kier molecular flexibility index (Phi) is 3.82. The summed E-state index contributed by atoms with van der Waals surface area (Å²) < 4.78 is 0. The van der Waals surface area contributed by atoms with Gasteiger partial charge < -0.3 is 5.32 Å². The molecule has 0 spiro atoms. The lowest BCUT2D eigenvalue weighted by Crippen LogP contribution is -2.32. The molecule has 0 fully saturated rings. The van der Waals surface area contributed by atoms with Gasteiger partial charge in [0.25, 0.3) is 0 Å². The minimum atomic E-state index is 0.114. The van der Waals surface area contributed by atoms with Crippen molar-refractivity contribution in [2.24, 2.45) is 5.92 Å². The monoisotopic (exact) mass is 265 g/mol. The molecule has 2 nitrogen and oxygen atoms in total. The number of rotatable bonds is 4. The molecule has 1 N–H and O–H groups in total. The first-order valence-corrected chi connectivity index (χ1v) is 7.21. The van der Waals surface area contributed by atoms with Gasteiger partial charge in [-0.15, -0.1) is 0 Å². The molecule has 20 heavy (non-hydrogen) atoms. The number of carbonyl (C=O) groups is 1. The molecule has 0 unspecified atom stereocenters. The van der Waals surface area contributed by atoms with Gasteiger partial charge in [0.05, 0.1) is 0 Å². The van der Waals surface area contributed by atoms with Crippen LogP contribution in [-0.4, -0.2) is 12.5 Å². The highest BCUT2D eigenvalue weighted by Gasteiger charge is 2.26. The van der Waals surface area contributed by atoms with E-state index in [0.29, 0.717) is 0 Å². The van der Waals surface area contributed by atoms with E-state index in [4.69, 9.17) is 0 Å². The van der Waals surface area contributed by atoms with E-state index in [1.807, 2.05) is 18.2 Å². The maximum absolute atomic E-state index is 12.2. The van der Waals surface area contributed by atoms with Gasteiger partial charge in [0.2, 0.25) is 5.91 Å². The number of nitrogens with one attached hydrogen (secondary N) is 1. The first-order chi connectivity index (χ1) is 9.83. The summed E-state index contributed by atoms with van der Waals surface area (Å²) in [7, 11) is 0. The predicted molar refractivity (Wildman–Crippen MR) is 80.5 cm³/mol. The van der Waals surface area contributed by atoms with Crippen LogP contribution >= 0.6 is 0 Å². The molecule has 0 aromatic heterocycles. The van der Waals surface area contributed by atoms with Crippen molar-refractivity contribution >= 4 is 5.91 Å². The third kappa shape index (κ3) is 2.90. The van der Waals surface area contributed by atoms with Crippen molar-refractivity contribution in [1.82, 2.24) is 5.32 Å². The van der Waals surface area contributed by atoms with Crippen LogP contribution in [0, 0.1) is 5.92 Å². The van der Waals surface area contributed by atoms with Crippen LogP contribution in [-0.2, 0) is 24.1 Å². The average Bonchev–Trinajstić information content (AvgIpc) is 2.92. The van der Waals surface area contributed by atoms with Gasteiger partial charge in [0.1, 0.15) is 0 Å². The lowest BCUT2D eigenvalue weighted by molar-refractivity contribution is -0.124. The van der Waals surface area contributed by atoms with Crippen molar-refractivity contribution < 1.29 is 4.79 Å². The number of hydrogen-bond acceptors (Lipinski definition) is 1. The summed E-state index contributed by atoms with van der Waals surface area (Å²) in [6.45, 7) is 0.718. The molecular formula is C18H19NO. The SMILES string of the molecule is O=C(NCCc1ccccc1)C1Cc2ccccc2C1. The van der Waals surface area contributed by atoms with Crippen LogP contribution in [0.1, 0.15) is 16.7 Å². The molecule has 3 rings (SSSR count). The standard InChI is InChI=1S/C18H19NO/c20-18(19-11-10-14-6-2-1-3-7-14)17-12-15-8-4-5-9-16(15)13-17/h1-9,17H,10-13H2,(H,19,20). The minimum Gasteiger partial charge on any atom is -0.356 e. The Labute approximate surface area is 119 Å². The highest BCUT2D eigenvalue weighted by atomic mass is 16.1.